The number of nitrogen functional groups attached to an aromatic ring is 1. The first kappa shape index (κ1) is 17.4. The predicted octanol–water partition coefficient (Wildman–Crippen LogP) is 2.53. The Hall–Kier alpha value is -3.65. The van der Waals surface area contributed by atoms with Gasteiger partial charge in [-0.25, -0.2) is 9.97 Å². The van der Waals surface area contributed by atoms with Crippen molar-refractivity contribution in [3.8, 4) is 11.3 Å². The summed E-state index contributed by atoms with van der Waals surface area (Å²) in [6.07, 6.45) is 8.97. The van der Waals surface area contributed by atoms with Crippen molar-refractivity contribution in [2.45, 2.75) is 0 Å². The van der Waals surface area contributed by atoms with Crippen molar-refractivity contribution < 1.29 is 0 Å². The van der Waals surface area contributed by atoms with Gasteiger partial charge in [-0.3, -0.25) is 4.98 Å². The zero-order valence-corrected chi connectivity index (χ0v) is 15.9. The monoisotopic (exact) mass is 386 g/mol. The lowest BCUT2D eigenvalue weighted by Gasteiger charge is -2.29. The second-order valence-electron chi connectivity index (χ2n) is 7.05. The highest BCUT2D eigenvalue weighted by Crippen LogP contribution is 2.26. The number of nitrogens with zero attached hydrogens (tertiary/aromatic N) is 5. The van der Waals surface area contributed by atoms with Crippen LogP contribution in [0.3, 0.4) is 0 Å². The molecule has 0 radical (unpaired) electrons. The first-order chi connectivity index (χ1) is 14.3. The normalized spacial score (nSPS) is 14.3. The quantitative estimate of drug-likeness (QED) is 0.496. The highest BCUT2D eigenvalue weighted by atomic mass is 15.2. The zero-order valence-electron chi connectivity index (χ0n) is 15.9. The molecule has 3 aromatic heterocycles. The lowest BCUT2D eigenvalue weighted by molar-refractivity contribution is 0.589. The third-order valence-electron chi connectivity index (χ3n) is 5.04. The fourth-order valence-corrected chi connectivity index (χ4v) is 3.57. The molecule has 1 aliphatic rings. The predicted molar refractivity (Wildman–Crippen MR) is 115 cm³/mol. The minimum Gasteiger partial charge on any atom is -0.397 e. The topological polar surface area (TPSA) is 96.4 Å². The molecule has 0 aliphatic carbocycles. The molecule has 0 bridgehead atoms. The van der Waals surface area contributed by atoms with E-state index in [2.05, 4.69) is 49.8 Å². The van der Waals surface area contributed by atoms with Gasteiger partial charge in [-0.2, -0.15) is 0 Å². The molecule has 4 N–H and O–H groups in total. The number of nitrogens with one attached hydrogen (secondary N) is 2. The van der Waals surface area contributed by atoms with Crippen LogP contribution >= 0.6 is 0 Å². The Labute approximate surface area is 168 Å². The minimum absolute atomic E-state index is 0.605. The van der Waals surface area contributed by atoms with Gasteiger partial charge in [0.2, 0.25) is 0 Å². The Morgan fingerprint density at radius 1 is 1.07 bits per heavy atom. The van der Waals surface area contributed by atoms with Crippen LogP contribution in [0.4, 0.5) is 22.9 Å². The van der Waals surface area contributed by atoms with Gasteiger partial charge in [0.25, 0.3) is 0 Å². The van der Waals surface area contributed by atoms with Crippen LogP contribution in [0.5, 0.6) is 0 Å². The Kier molecular flexibility index (Phi) is 4.45. The van der Waals surface area contributed by atoms with Crippen LogP contribution in [-0.4, -0.2) is 45.5 Å². The maximum absolute atomic E-state index is 5.89. The molecule has 0 saturated carbocycles. The highest BCUT2D eigenvalue weighted by Gasteiger charge is 2.12. The number of fused-ring (bicyclic) bond motifs is 1. The van der Waals surface area contributed by atoms with Gasteiger partial charge in [0, 0.05) is 74.1 Å². The average molecular weight is 386 g/mol. The number of hydrogen-bond donors (Lipinski definition) is 3. The second-order valence-corrected chi connectivity index (χ2v) is 7.05. The molecule has 4 aromatic rings. The van der Waals surface area contributed by atoms with Gasteiger partial charge in [0.05, 0.1) is 11.4 Å². The van der Waals surface area contributed by atoms with Gasteiger partial charge in [0.1, 0.15) is 0 Å². The molecular formula is C21H22N8. The number of pyridine rings is 1. The highest BCUT2D eigenvalue weighted by molar-refractivity contribution is 5.74. The van der Waals surface area contributed by atoms with E-state index < -0.39 is 0 Å². The molecule has 8 nitrogen and oxygen atoms in total. The third-order valence-corrected chi connectivity index (χ3v) is 5.04. The summed E-state index contributed by atoms with van der Waals surface area (Å²) in [6.45, 7) is 4.10. The van der Waals surface area contributed by atoms with Crippen molar-refractivity contribution in [1.29, 1.82) is 0 Å². The van der Waals surface area contributed by atoms with Gasteiger partial charge in [0.15, 0.2) is 11.5 Å². The number of nitrogens with two attached hydrogens (primary N) is 1. The average Bonchev–Trinajstić information content (AvgIpc) is 3.24. The lowest BCUT2D eigenvalue weighted by Crippen LogP contribution is -2.43. The van der Waals surface area contributed by atoms with Crippen molar-refractivity contribution in [2.75, 3.05) is 42.1 Å². The maximum atomic E-state index is 5.89. The Morgan fingerprint density at radius 3 is 2.69 bits per heavy atom. The molecule has 4 heterocycles. The molecule has 5 rings (SSSR count). The Balaban J connectivity index is 1.46. The summed E-state index contributed by atoms with van der Waals surface area (Å²) < 4.78 is 1.95. The molecule has 0 spiro atoms. The van der Waals surface area contributed by atoms with E-state index in [-0.39, 0.29) is 0 Å². The summed E-state index contributed by atoms with van der Waals surface area (Å²) in [4.78, 5) is 15.8. The molecule has 146 valence electrons. The van der Waals surface area contributed by atoms with Gasteiger partial charge in [-0.05, 0) is 30.3 Å². The summed E-state index contributed by atoms with van der Waals surface area (Å²) >= 11 is 0. The molecule has 1 aliphatic heterocycles. The van der Waals surface area contributed by atoms with Gasteiger partial charge in [-0.15, -0.1) is 0 Å². The fraction of sp³-hybridized carbons (Fsp3) is 0.190. The standard InChI is InChI=1S/C21H22N8/c22-16-11-15(12-24-13-16)19-14-29-10-7-25-21(29)20(27-19)26-17-1-3-18(4-2-17)28-8-5-23-6-9-28/h1-4,7,10-14,23H,5-6,8-9,22H2,(H,26,27). The molecule has 0 atom stereocenters. The molecule has 29 heavy (non-hydrogen) atoms. The van der Waals surface area contributed by atoms with E-state index in [9.17, 15) is 0 Å². The molecule has 1 fully saturated rings. The van der Waals surface area contributed by atoms with Crippen LogP contribution in [0.2, 0.25) is 0 Å². The smallest absolute Gasteiger partial charge is 0.180 e. The van der Waals surface area contributed by atoms with Crippen LogP contribution in [-0.2, 0) is 0 Å². The van der Waals surface area contributed by atoms with Crippen LogP contribution in [0.25, 0.3) is 16.9 Å². The van der Waals surface area contributed by atoms with Crippen LogP contribution < -0.4 is 21.3 Å². The number of anilines is 4. The summed E-state index contributed by atoms with van der Waals surface area (Å²) in [6, 6.07) is 10.3. The van der Waals surface area contributed by atoms with E-state index in [1.54, 1.807) is 18.6 Å². The van der Waals surface area contributed by atoms with E-state index >= 15 is 0 Å². The first-order valence-electron chi connectivity index (χ1n) is 9.64. The van der Waals surface area contributed by atoms with Crippen molar-refractivity contribution in [3.63, 3.8) is 0 Å². The van der Waals surface area contributed by atoms with E-state index in [1.807, 2.05) is 22.9 Å². The number of benzene rings is 1. The van der Waals surface area contributed by atoms with Gasteiger partial charge >= 0.3 is 0 Å². The van der Waals surface area contributed by atoms with Crippen LogP contribution in [0.1, 0.15) is 0 Å². The number of hydrogen-bond acceptors (Lipinski definition) is 7. The molecular weight excluding hydrogens is 364 g/mol. The van der Waals surface area contributed by atoms with Gasteiger partial charge in [-0.1, -0.05) is 0 Å². The number of rotatable bonds is 4. The fourth-order valence-electron chi connectivity index (χ4n) is 3.57. The van der Waals surface area contributed by atoms with Crippen molar-refractivity contribution in [2.24, 2.45) is 0 Å². The van der Waals surface area contributed by atoms with E-state index in [1.165, 1.54) is 5.69 Å². The minimum atomic E-state index is 0.605. The van der Waals surface area contributed by atoms with E-state index in [0.29, 0.717) is 11.5 Å². The zero-order chi connectivity index (χ0) is 19.6. The molecule has 1 saturated heterocycles. The van der Waals surface area contributed by atoms with Crippen molar-refractivity contribution in [1.82, 2.24) is 24.7 Å². The second kappa shape index (κ2) is 7.40. The molecule has 0 amide bonds. The van der Waals surface area contributed by atoms with Crippen molar-refractivity contribution in [3.05, 3.63) is 61.3 Å². The molecule has 0 unspecified atom stereocenters. The third kappa shape index (κ3) is 3.57. The molecule has 8 heteroatoms. The molecule has 1 aromatic carbocycles. The Morgan fingerprint density at radius 2 is 1.90 bits per heavy atom. The number of aromatic nitrogens is 4. The number of piperazine rings is 1. The Bertz CT molecular complexity index is 1130. The SMILES string of the molecule is Nc1cncc(-c2cn3ccnc3c(Nc3ccc(N4CCNCC4)cc3)n2)c1. The lowest BCUT2D eigenvalue weighted by atomic mass is 10.2. The number of imidazole rings is 1. The summed E-state index contributed by atoms with van der Waals surface area (Å²) in [7, 11) is 0. The van der Waals surface area contributed by atoms with E-state index in [4.69, 9.17) is 10.7 Å². The van der Waals surface area contributed by atoms with Crippen molar-refractivity contribution >= 4 is 28.5 Å². The van der Waals surface area contributed by atoms with Crippen LogP contribution in [0, 0.1) is 0 Å². The first-order valence-corrected chi connectivity index (χ1v) is 9.64. The summed E-state index contributed by atoms with van der Waals surface area (Å²) in [5, 5.41) is 6.79. The maximum Gasteiger partial charge on any atom is 0.180 e. The van der Waals surface area contributed by atoms with Crippen LogP contribution in [0.15, 0.2) is 61.3 Å². The van der Waals surface area contributed by atoms with Gasteiger partial charge < -0.3 is 25.7 Å². The summed E-state index contributed by atoms with van der Waals surface area (Å²) in [5.41, 5.74) is 11.1. The largest absolute Gasteiger partial charge is 0.397 e. The van der Waals surface area contributed by atoms with E-state index in [0.717, 1.165) is 48.8 Å². The summed E-state index contributed by atoms with van der Waals surface area (Å²) in [5.74, 6) is 0.685.